The molecule has 0 bridgehead atoms. The zero-order valence-corrected chi connectivity index (χ0v) is 10.4. The molecule has 0 radical (unpaired) electrons. The molecular formula is C15H21N. The fourth-order valence-corrected chi connectivity index (χ4v) is 2.73. The van der Waals surface area contributed by atoms with Gasteiger partial charge in [-0.3, -0.25) is 0 Å². The van der Waals surface area contributed by atoms with E-state index in [4.69, 9.17) is 0 Å². The molecule has 0 aromatic heterocycles. The first-order valence-electron chi connectivity index (χ1n) is 6.16. The summed E-state index contributed by atoms with van der Waals surface area (Å²) in [5.74, 6) is 0. The Morgan fingerprint density at radius 3 is 2.62 bits per heavy atom. The van der Waals surface area contributed by atoms with Crippen molar-refractivity contribution in [1.29, 1.82) is 0 Å². The Hall–Kier alpha value is -1.24. The number of aryl methyl sites for hydroxylation is 2. The van der Waals surface area contributed by atoms with Gasteiger partial charge in [-0.25, -0.2) is 0 Å². The summed E-state index contributed by atoms with van der Waals surface area (Å²) in [5.41, 5.74) is 4.11. The fourth-order valence-electron chi connectivity index (χ4n) is 2.73. The number of rotatable bonds is 3. The van der Waals surface area contributed by atoms with E-state index in [-0.39, 0.29) is 0 Å². The van der Waals surface area contributed by atoms with Gasteiger partial charge in [0.25, 0.3) is 0 Å². The molecule has 2 rings (SSSR count). The van der Waals surface area contributed by atoms with E-state index in [1.807, 2.05) is 6.08 Å². The van der Waals surface area contributed by atoms with Crippen molar-refractivity contribution >= 4 is 5.69 Å². The first-order chi connectivity index (χ1) is 7.70. The number of hydrogen-bond donors (Lipinski definition) is 0. The van der Waals surface area contributed by atoms with Gasteiger partial charge in [-0.1, -0.05) is 12.1 Å². The van der Waals surface area contributed by atoms with Gasteiger partial charge in [0.05, 0.1) is 0 Å². The Kier molecular flexibility index (Phi) is 3.33. The second-order valence-corrected chi connectivity index (χ2v) is 4.86. The molecule has 1 aromatic carbocycles. The minimum atomic E-state index is 0.665. The van der Waals surface area contributed by atoms with Gasteiger partial charge in [-0.15, -0.1) is 6.58 Å². The summed E-state index contributed by atoms with van der Waals surface area (Å²) in [6.07, 6.45) is 5.77. The van der Waals surface area contributed by atoms with E-state index in [1.165, 1.54) is 36.2 Å². The first-order valence-corrected chi connectivity index (χ1v) is 6.16. The second kappa shape index (κ2) is 4.73. The smallest absolute Gasteiger partial charge is 0.0374 e. The van der Waals surface area contributed by atoms with E-state index in [2.05, 4.69) is 43.5 Å². The van der Waals surface area contributed by atoms with Gasteiger partial charge in [0.15, 0.2) is 0 Å². The molecule has 1 aliphatic rings. The maximum absolute atomic E-state index is 3.86. The maximum atomic E-state index is 3.86. The lowest BCUT2D eigenvalue weighted by atomic mass is 10.1. The van der Waals surface area contributed by atoms with Gasteiger partial charge in [0, 0.05) is 18.3 Å². The van der Waals surface area contributed by atoms with E-state index >= 15 is 0 Å². The van der Waals surface area contributed by atoms with Gasteiger partial charge >= 0.3 is 0 Å². The lowest BCUT2D eigenvalue weighted by Gasteiger charge is -2.26. The van der Waals surface area contributed by atoms with Crippen LogP contribution >= 0.6 is 0 Å². The van der Waals surface area contributed by atoms with Crippen LogP contribution in [0.3, 0.4) is 0 Å². The summed E-state index contributed by atoms with van der Waals surface area (Å²) in [7, 11) is 0. The van der Waals surface area contributed by atoms with Crippen LogP contribution in [0.2, 0.25) is 0 Å². The molecule has 86 valence electrons. The van der Waals surface area contributed by atoms with Crippen molar-refractivity contribution in [1.82, 2.24) is 0 Å². The second-order valence-electron chi connectivity index (χ2n) is 4.86. The van der Waals surface area contributed by atoms with E-state index in [0.717, 1.165) is 6.42 Å². The highest BCUT2D eigenvalue weighted by atomic mass is 15.2. The molecule has 0 saturated carbocycles. The third kappa shape index (κ3) is 2.29. The van der Waals surface area contributed by atoms with Gasteiger partial charge < -0.3 is 4.90 Å². The average molecular weight is 215 g/mol. The summed E-state index contributed by atoms with van der Waals surface area (Å²) >= 11 is 0. The average Bonchev–Trinajstić information content (AvgIpc) is 2.65. The molecule has 0 aliphatic carbocycles. The number of anilines is 1. The summed E-state index contributed by atoms with van der Waals surface area (Å²) in [5, 5.41) is 0. The molecule has 1 nitrogen and oxygen atoms in total. The number of nitrogens with zero attached hydrogens (tertiary/aromatic N) is 1. The number of benzene rings is 1. The molecule has 1 heteroatoms. The minimum absolute atomic E-state index is 0.665. The Labute approximate surface area is 98.8 Å². The lowest BCUT2D eigenvalue weighted by molar-refractivity contribution is 0.678. The molecule has 0 spiro atoms. The van der Waals surface area contributed by atoms with E-state index < -0.39 is 0 Å². The largest absolute Gasteiger partial charge is 0.368 e. The quantitative estimate of drug-likeness (QED) is 0.692. The normalized spacial score (nSPS) is 20.1. The van der Waals surface area contributed by atoms with Crippen molar-refractivity contribution < 1.29 is 0 Å². The molecule has 1 heterocycles. The number of hydrogen-bond acceptors (Lipinski definition) is 1. The maximum Gasteiger partial charge on any atom is 0.0374 e. The monoisotopic (exact) mass is 215 g/mol. The van der Waals surface area contributed by atoms with Gasteiger partial charge in [0.1, 0.15) is 0 Å². The van der Waals surface area contributed by atoms with Gasteiger partial charge in [-0.2, -0.15) is 0 Å². The standard InChI is InChI=1S/C15H21N/c1-4-6-14-7-5-8-16(14)15-10-12(2)9-13(3)11-15/h4,9-11,14H,1,5-8H2,2-3H3. The Balaban J connectivity index is 2.25. The SMILES string of the molecule is C=CCC1CCCN1c1cc(C)cc(C)c1. The first kappa shape index (κ1) is 11.3. The Morgan fingerprint density at radius 1 is 1.31 bits per heavy atom. The molecule has 1 aliphatic heterocycles. The van der Waals surface area contributed by atoms with Crippen LogP contribution in [0.25, 0.3) is 0 Å². The highest BCUT2D eigenvalue weighted by Crippen LogP contribution is 2.28. The third-order valence-corrected chi connectivity index (χ3v) is 3.35. The van der Waals surface area contributed by atoms with Crippen LogP contribution < -0.4 is 4.90 Å². The Bertz CT molecular complexity index is 361. The van der Waals surface area contributed by atoms with Crippen LogP contribution in [-0.4, -0.2) is 12.6 Å². The Morgan fingerprint density at radius 2 is 2.00 bits per heavy atom. The van der Waals surface area contributed by atoms with Crippen molar-refractivity contribution in [2.24, 2.45) is 0 Å². The van der Waals surface area contributed by atoms with Crippen molar-refractivity contribution in [3.63, 3.8) is 0 Å². The molecule has 0 N–H and O–H groups in total. The third-order valence-electron chi connectivity index (χ3n) is 3.35. The van der Waals surface area contributed by atoms with Crippen molar-refractivity contribution in [3.8, 4) is 0 Å². The highest BCUT2D eigenvalue weighted by molar-refractivity contribution is 5.52. The summed E-state index contributed by atoms with van der Waals surface area (Å²) in [6, 6.07) is 7.50. The van der Waals surface area contributed by atoms with Crippen LogP contribution in [0.15, 0.2) is 30.9 Å². The van der Waals surface area contributed by atoms with Gasteiger partial charge in [-0.05, 0) is 56.4 Å². The van der Waals surface area contributed by atoms with Crippen LogP contribution in [-0.2, 0) is 0 Å². The molecule has 16 heavy (non-hydrogen) atoms. The predicted molar refractivity (Wildman–Crippen MR) is 71.1 cm³/mol. The molecule has 1 fully saturated rings. The topological polar surface area (TPSA) is 3.24 Å². The van der Waals surface area contributed by atoms with Crippen LogP contribution in [0.5, 0.6) is 0 Å². The van der Waals surface area contributed by atoms with Crippen molar-refractivity contribution in [2.75, 3.05) is 11.4 Å². The lowest BCUT2D eigenvalue weighted by Crippen LogP contribution is -2.28. The summed E-state index contributed by atoms with van der Waals surface area (Å²) < 4.78 is 0. The summed E-state index contributed by atoms with van der Waals surface area (Å²) in [6.45, 7) is 9.41. The highest BCUT2D eigenvalue weighted by Gasteiger charge is 2.23. The van der Waals surface area contributed by atoms with Crippen LogP contribution in [0, 0.1) is 13.8 Å². The van der Waals surface area contributed by atoms with Crippen molar-refractivity contribution in [3.05, 3.63) is 42.0 Å². The van der Waals surface area contributed by atoms with E-state index in [9.17, 15) is 0 Å². The molecule has 0 amide bonds. The van der Waals surface area contributed by atoms with E-state index in [1.54, 1.807) is 0 Å². The molecule has 1 aromatic rings. The summed E-state index contributed by atoms with van der Waals surface area (Å²) in [4.78, 5) is 2.54. The molecular weight excluding hydrogens is 194 g/mol. The molecule has 1 atom stereocenters. The molecule has 1 saturated heterocycles. The zero-order valence-electron chi connectivity index (χ0n) is 10.4. The van der Waals surface area contributed by atoms with Gasteiger partial charge in [0.2, 0.25) is 0 Å². The van der Waals surface area contributed by atoms with Crippen LogP contribution in [0.1, 0.15) is 30.4 Å². The fraction of sp³-hybridized carbons (Fsp3) is 0.467. The predicted octanol–water partition coefficient (Wildman–Crippen LogP) is 3.85. The molecule has 1 unspecified atom stereocenters. The van der Waals surface area contributed by atoms with Crippen LogP contribution in [0.4, 0.5) is 5.69 Å². The zero-order chi connectivity index (χ0) is 11.5. The minimum Gasteiger partial charge on any atom is -0.368 e. The van der Waals surface area contributed by atoms with Crippen molar-refractivity contribution in [2.45, 2.75) is 39.2 Å². The van der Waals surface area contributed by atoms with E-state index in [0.29, 0.717) is 6.04 Å².